The summed E-state index contributed by atoms with van der Waals surface area (Å²) in [4.78, 5) is 14.3. The van der Waals surface area contributed by atoms with Gasteiger partial charge in [0.1, 0.15) is 5.75 Å². The van der Waals surface area contributed by atoms with E-state index < -0.39 is 0 Å². The maximum absolute atomic E-state index is 12.2. The average molecular weight is 326 g/mol. The van der Waals surface area contributed by atoms with Gasteiger partial charge in [-0.15, -0.1) is 0 Å². The molecule has 0 fully saturated rings. The summed E-state index contributed by atoms with van der Waals surface area (Å²) in [7, 11) is 5.68. The van der Waals surface area contributed by atoms with E-state index >= 15 is 0 Å². The molecule has 1 N–H and O–H groups in total. The van der Waals surface area contributed by atoms with Gasteiger partial charge >= 0.3 is 0 Å². The van der Waals surface area contributed by atoms with Crippen LogP contribution in [0.1, 0.15) is 22.7 Å². The van der Waals surface area contributed by atoms with E-state index in [0.717, 1.165) is 16.9 Å². The number of amides is 1. The van der Waals surface area contributed by atoms with Gasteiger partial charge in [0.2, 0.25) is 5.91 Å². The van der Waals surface area contributed by atoms with Crippen LogP contribution in [0.4, 0.5) is 0 Å². The van der Waals surface area contributed by atoms with Crippen LogP contribution in [-0.2, 0) is 11.2 Å². The van der Waals surface area contributed by atoms with Crippen LogP contribution >= 0.6 is 0 Å². The minimum atomic E-state index is 0.0357. The molecule has 0 aliphatic rings. The molecule has 0 saturated carbocycles. The highest BCUT2D eigenvalue weighted by Crippen LogP contribution is 2.22. The van der Waals surface area contributed by atoms with Gasteiger partial charge in [-0.2, -0.15) is 0 Å². The molecule has 2 aromatic rings. The number of rotatable bonds is 7. The number of likely N-dealkylation sites (N-methyl/N-ethyl adjacent to an activating group) is 1. The fourth-order valence-electron chi connectivity index (χ4n) is 2.61. The van der Waals surface area contributed by atoms with E-state index in [-0.39, 0.29) is 11.9 Å². The van der Waals surface area contributed by atoms with Gasteiger partial charge in [-0.3, -0.25) is 4.79 Å². The van der Waals surface area contributed by atoms with E-state index in [1.54, 1.807) is 7.11 Å². The average Bonchev–Trinajstić information content (AvgIpc) is 2.57. The zero-order chi connectivity index (χ0) is 17.5. The summed E-state index contributed by atoms with van der Waals surface area (Å²) >= 11 is 0. The van der Waals surface area contributed by atoms with E-state index in [2.05, 4.69) is 16.3 Å². The lowest BCUT2D eigenvalue weighted by Gasteiger charge is -2.25. The van der Waals surface area contributed by atoms with E-state index in [1.165, 1.54) is 5.56 Å². The van der Waals surface area contributed by atoms with Gasteiger partial charge in [-0.1, -0.05) is 42.0 Å². The van der Waals surface area contributed by atoms with Crippen LogP contribution in [0.25, 0.3) is 0 Å². The molecule has 4 nitrogen and oxygen atoms in total. The van der Waals surface area contributed by atoms with Crippen LogP contribution < -0.4 is 10.1 Å². The van der Waals surface area contributed by atoms with Gasteiger partial charge in [0, 0.05) is 6.54 Å². The van der Waals surface area contributed by atoms with Crippen molar-refractivity contribution in [1.82, 2.24) is 10.2 Å². The molecule has 128 valence electrons. The second-order valence-corrected chi connectivity index (χ2v) is 6.22. The summed E-state index contributed by atoms with van der Waals surface area (Å²) in [6.07, 6.45) is 0.401. The van der Waals surface area contributed by atoms with E-state index in [0.29, 0.717) is 13.0 Å². The van der Waals surface area contributed by atoms with Gasteiger partial charge in [-0.25, -0.2) is 0 Å². The van der Waals surface area contributed by atoms with Crippen molar-refractivity contribution < 1.29 is 9.53 Å². The van der Waals surface area contributed by atoms with Crippen LogP contribution in [0.3, 0.4) is 0 Å². The predicted octanol–water partition coefficient (Wildman–Crippen LogP) is 2.97. The maximum atomic E-state index is 12.2. The third-order valence-electron chi connectivity index (χ3n) is 4.08. The standard InChI is InChI=1S/C20H26N2O2/c1-15-8-10-16(11-9-15)12-20(23)21-14-19(22(2)3)17-6-5-7-18(13-17)24-4/h5-11,13,19H,12,14H2,1-4H3,(H,21,23). The topological polar surface area (TPSA) is 41.6 Å². The minimum absolute atomic E-state index is 0.0357. The normalized spacial score (nSPS) is 12.0. The Kier molecular flexibility index (Phi) is 6.38. The second kappa shape index (κ2) is 8.50. The van der Waals surface area contributed by atoms with Crippen molar-refractivity contribution in [2.24, 2.45) is 0 Å². The van der Waals surface area contributed by atoms with Gasteiger partial charge in [0.15, 0.2) is 0 Å². The number of methoxy groups -OCH3 is 1. The number of hydrogen-bond donors (Lipinski definition) is 1. The summed E-state index contributed by atoms with van der Waals surface area (Å²) in [6.45, 7) is 2.60. The largest absolute Gasteiger partial charge is 0.497 e. The number of hydrogen-bond acceptors (Lipinski definition) is 3. The van der Waals surface area contributed by atoms with E-state index in [4.69, 9.17) is 4.74 Å². The SMILES string of the molecule is COc1cccc(C(CNC(=O)Cc2ccc(C)cc2)N(C)C)c1. The Morgan fingerprint density at radius 2 is 1.88 bits per heavy atom. The van der Waals surface area contributed by atoms with Crippen LogP contribution in [0, 0.1) is 6.92 Å². The molecule has 0 aliphatic carbocycles. The number of carbonyl (C=O) groups is 1. The predicted molar refractivity (Wildman–Crippen MR) is 97.3 cm³/mol. The molecule has 0 saturated heterocycles. The summed E-state index contributed by atoms with van der Waals surface area (Å²) < 4.78 is 5.29. The number of nitrogens with one attached hydrogen (secondary N) is 1. The van der Waals surface area contributed by atoms with Crippen molar-refractivity contribution in [3.05, 3.63) is 65.2 Å². The van der Waals surface area contributed by atoms with Gasteiger partial charge in [0.25, 0.3) is 0 Å². The maximum Gasteiger partial charge on any atom is 0.224 e. The highest BCUT2D eigenvalue weighted by atomic mass is 16.5. The lowest BCUT2D eigenvalue weighted by Crippen LogP contribution is -2.35. The van der Waals surface area contributed by atoms with Crippen molar-refractivity contribution in [2.75, 3.05) is 27.7 Å². The van der Waals surface area contributed by atoms with Crippen molar-refractivity contribution in [2.45, 2.75) is 19.4 Å². The Labute approximate surface area is 144 Å². The van der Waals surface area contributed by atoms with Crippen LogP contribution in [0.5, 0.6) is 5.75 Å². The molecule has 0 radical (unpaired) electrons. The minimum Gasteiger partial charge on any atom is -0.497 e. The Morgan fingerprint density at radius 1 is 1.17 bits per heavy atom. The zero-order valence-electron chi connectivity index (χ0n) is 14.9. The molecule has 2 rings (SSSR count). The highest BCUT2D eigenvalue weighted by molar-refractivity contribution is 5.78. The van der Waals surface area contributed by atoms with E-state index in [1.807, 2.05) is 63.5 Å². The summed E-state index contributed by atoms with van der Waals surface area (Å²) in [5.41, 5.74) is 3.35. The number of aryl methyl sites for hydroxylation is 1. The first-order chi connectivity index (χ1) is 11.5. The third-order valence-corrected chi connectivity index (χ3v) is 4.08. The van der Waals surface area contributed by atoms with Crippen LogP contribution in [0.15, 0.2) is 48.5 Å². The fraction of sp³-hybridized carbons (Fsp3) is 0.350. The first-order valence-electron chi connectivity index (χ1n) is 8.12. The number of nitrogens with zero attached hydrogens (tertiary/aromatic N) is 1. The van der Waals surface area contributed by atoms with E-state index in [9.17, 15) is 4.79 Å². The second-order valence-electron chi connectivity index (χ2n) is 6.22. The zero-order valence-corrected chi connectivity index (χ0v) is 14.9. The number of benzene rings is 2. The summed E-state index contributed by atoms with van der Waals surface area (Å²) in [5, 5.41) is 3.04. The van der Waals surface area contributed by atoms with Gasteiger partial charge < -0.3 is 15.0 Å². The first-order valence-corrected chi connectivity index (χ1v) is 8.12. The molecular formula is C20H26N2O2. The smallest absolute Gasteiger partial charge is 0.224 e. The van der Waals surface area contributed by atoms with Crippen LogP contribution in [-0.4, -0.2) is 38.6 Å². The summed E-state index contributed by atoms with van der Waals surface area (Å²) in [5.74, 6) is 0.860. The monoisotopic (exact) mass is 326 g/mol. The number of ether oxygens (including phenoxy) is 1. The molecule has 2 aromatic carbocycles. The molecule has 24 heavy (non-hydrogen) atoms. The Morgan fingerprint density at radius 3 is 2.50 bits per heavy atom. The third kappa shape index (κ3) is 5.10. The molecule has 0 aromatic heterocycles. The van der Waals surface area contributed by atoms with Gasteiger partial charge in [-0.05, 0) is 44.3 Å². The van der Waals surface area contributed by atoms with Crippen molar-refractivity contribution in [1.29, 1.82) is 0 Å². The molecular weight excluding hydrogens is 300 g/mol. The molecule has 0 bridgehead atoms. The fourth-order valence-corrected chi connectivity index (χ4v) is 2.61. The lowest BCUT2D eigenvalue weighted by molar-refractivity contribution is -0.120. The van der Waals surface area contributed by atoms with Crippen molar-refractivity contribution in [3.8, 4) is 5.75 Å². The quantitative estimate of drug-likeness (QED) is 0.850. The molecule has 0 aliphatic heterocycles. The Balaban J connectivity index is 1.98. The molecule has 1 unspecified atom stereocenters. The molecule has 0 heterocycles. The van der Waals surface area contributed by atoms with Gasteiger partial charge in [0.05, 0.1) is 19.6 Å². The lowest BCUT2D eigenvalue weighted by atomic mass is 10.1. The molecule has 1 atom stereocenters. The molecule has 0 spiro atoms. The summed E-state index contributed by atoms with van der Waals surface area (Å²) in [6, 6.07) is 16.1. The Hall–Kier alpha value is -2.33. The molecule has 1 amide bonds. The molecule has 4 heteroatoms. The van der Waals surface area contributed by atoms with Crippen LogP contribution in [0.2, 0.25) is 0 Å². The first kappa shape index (κ1) is 18.0. The van der Waals surface area contributed by atoms with Crippen molar-refractivity contribution >= 4 is 5.91 Å². The Bertz CT molecular complexity index is 666. The van der Waals surface area contributed by atoms with Crippen molar-refractivity contribution in [3.63, 3.8) is 0 Å². The highest BCUT2D eigenvalue weighted by Gasteiger charge is 2.16. The number of carbonyl (C=O) groups excluding carboxylic acids is 1.